The third-order valence-corrected chi connectivity index (χ3v) is 5.45. The van der Waals surface area contributed by atoms with Crippen LogP contribution in [0.1, 0.15) is 12.2 Å². The maximum absolute atomic E-state index is 6.13. The molecule has 1 fully saturated rings. The van der Waals surface area contributed by atoms with Gasteiger partial charge in [0.2, 0.25) is 0 Å². The highest BCUT2D eigenvalue weighted by Gasteiger charge is 2.23. The van der Waals surface area contributed by atoms with E-state index in [2.05, 4.69) is 37.2 Å². The van der Waals surface area contributed by atoms with E-state index in [9.17, 15) is 0 Å². The highest BCUT2D eigenvalue weighted by Crippen LogP contribution is 2.23. The molecule has 0 amide bonds. The SMILES string of the molecule is CN=C(NCc1nc2ccccc2n1C)NC1CCN(c2cccc(Cl)c2)C1. The van der Waals surface area contributed by atoms with Gasteiger partial charge in [0.05, 0.1) is 17.6 Å². The molecular formula is C21H25ClN6. The second-order valence-corrected chi connectivity index (χ2v) is 7.49. The molecule has 2 N–H and O–H groups in total. The first-order valence-corrected chi connectivity index (χ1v) is 9.90. The number of imidazole rings is 1. The number of aryl methyl sites for hydroxylation is 1. The molecule has 1 unspecified atom stereocenters. The van der Waals surface area contributed by atoms with E-state index in [1.54, 1.807) is 7.05 Å². The fourth-order valence-electron chi connectivity index (χ4n) is 3.69. The largest absolute Gasteiger partial charge is 0.369 e. The summed E-state index contributed by atoms with van der Waals surface area (Å²) in [5.74, 6) is 1.78. The van der Waals surface area contributed by atoms with E-state index in [1.807, 2.05) is 43.4 Å². The molecule has 0 aliphatic carbocycles. The predicted octanol–water partition coefficient (Wildman–Crippen LogP) is 3.17. The van der Waals surface area contributed by atoms with Gasteiger partial charge in [-0.1, -0.05) is 29.8 Å². The number of anilines is 1. The molecule has 28 heavy (non-hydrogen) atoms. The molecule has 2 aromatic carbocycles. The van der Waals surface area contributed by atoms with Crippen LogP contribution < -0.4 is 15.5 Å². The third-order valence-electron chi connectivity index (χ3n) is 5.22. The Morgan fingerprint density at radius 2 is 2.11 bits per heavy atom. The van der Waals surface area contributed by atoms with E-state index in [1.165, 1.54) is 5.69 Å². The summed E-state index contributed by atoms with van der Waals surface area (Å²) in [4.78, 5) is 11.4. The maximum Gasteiger partial charge on any atom is 0.191 e. The second kappa shape index (κ2) is 8.10. The maximum atomic E-state index is 6.13. The summed E-state index contributed by atoms with van der Waals surface area (Å²) in [5, 5.41) is 7.70. The molecule has 1 aliphatic rings. The average molecular weight is 397 g/mol. The number of hydrogen-bond acceptors (Lipinski definition) is 3. The lowest BCUT2D eigenvalue weighted by Crippen LogP contribution is -2.44. The number of rotatable bonds is 4. The topological polar surface area (TPSA) is 57.5 Å². The number of nitrogens with one attached hydrogen (secondary N) is 2. The van der Waals surface area contributed by atoms with Crippen molar-refractivity contribution in [2.75, 3.05) is 25.0 Å². The zero-order valence-corrected chi connectivity index (χ0v) is 16.9. The molecule has 146 valence electrons. The van der Waals surface area contributed by atoms with Crippen molar-refractivity contribution in [3.05, 3.63) is 59.4 Å². The lowest BCUT2D eigenvalue weighted by Gasteiger charge is -2.20. The Hall–Kier alpha value is -2.73. The third kappa shape index (κ3) is 3.92. The van der Waals surface area contributed by atoms with Gasteiger partial charge in [0, 0.05) is 43.9 Å². The van der Waals surface area contributed by atoms with Crippen LogP contribution in [0.15, 0.2) is 53.5 Å². The van der Waals surface area contributed by atoms with Crippen molar-refractivity contribution >= 4 is 34.3 Å². The normalized spacial score (nSPS) is 17.3. The number of halogens is 1. The smallest absolute Gasteiger partial charge is 0.191 e. The Bertz CT molecular complexity index is 995. The van der Waals surface area contributed by atoms with Crippen molar-refractivity contribution in [3.8, 4) is 0 Å². The summed E-state index contributed by atoms with van der Waals surface area (Å²) in [6.45, 7) is 2.54. The van der Waals surface area contributed by atoms with Crippen LogP contribution in [0.25, 0.3) is 11.0 Å². The van der Waals surface area contributed by atoms with Crippen molar-refractivity contribution < 1.29 is 0 Å². The molecule has 1 saturated heterocycles. The lowest BCUT2D eigenvalue weighted by atomic mass is 10.3. The number of fused-ring (bicyclic) bond motifs is 1. The van der Waals surface area contributed by atoms with E-state index < -0.39 is 0 Å². The first-order valence-electron chi connectivity index (χ1n) is 9.52. The van der Waals surface area contributed by atoms with Gasteiger partial charge in [0.15, 0.2) is 5.96 Å². The Labute approximate surface area is 170 Å². The van der Waals surface area contributed by atoms with Gasteiger partial charge < -0.3 is 20.1 Å². The zero-order chi connectivity index (χ0) is 19.5. The van der Waals surface area contributed by atoms with Gasteiger partial charge in [-0.05, 0) is 36.8 Å². The summed E-state index contributed by atoms with van der Waals surface area (Å²) in [5.41, 5.74) is 3.31. The van der Waals surface area contributed by atoms with Gasteiger partial charge in [-0.2, -0.15) is 0 Å². The minimum atomic E-state index is 0.339. The van der Waals surface area contributed by atoms with Crippen LogP contribution in [-0.2, 0) is 13.6 Å². The Morgan fingerprint density at radius 3 is 2.89 bits per heavy atom. The minimum Gasteiger partial charge on any atom is -0.369 e. The molecule has 1 aliphatic heterocycles. The highest BCUT2D eigenvalue weighted by atomic mass is 35.5. The monoisotopic (exact) mass is 396 g/mol. The van der Waals surface area contributed by atoms with Crippen molar-refractivity contribution in [2.45, 2.75) is 19.0 Å². The molecule has 1 aromatic heterocycles. The van der Waals surface area contributed by atoms with E-state index in [4.69, 9.17) is 16.6 Å². The van der Waals surface area contributed by atoms with Crippen LogP contribution in [-0.4, -0.2) is 41.7 Å². The summed E-state index contributed by atoms with van der Waals surface area (Å²) in [7, 11) is 3.84. The first-order chi connectivity index (χ1) is 13.6. The summed E-state index contributed by atoms with van der Waals surface area (Å²) in [6.07, 6.45) is 1.06. The fourth-order valence-corrected chi connectivity index (χ4v) is 3.87. The van der Waals surface area contributed by atoms with Crippen molar-refractivity contribution in [3.63, 3.8) is 0 Å². The summed E-state index contributed by atoms with van der Waals surface area (Å²) >= 11 is 6.13. The molecule has 4 rings (SSSR count). The average Bonchev–Trinajstić information content (AvgIpc) is 3.30. The van der Waals surface area contributed by atoms with Gasteiger partial charge in [0.25, 0.3) is 0 Å². The Kier molecular flexibility index (Phi) is 5.39. The number of hydrogen-bond donors (Lipinski definition) is 2. The molecule has 7 heteroatoms. The number of aliphatic imine (C=N–C) groups is 1. The van der Waals surface area contributed by atoms with E-state index in [0.717, 1.165) is 47.4 Å². The van der Waals surface area contributed by atoms with Crippen LogP contribution in [0.2, 0.25) is 5.02 Å². The Balaban J connectivity index is 1.35. The molecule has 1 atom stereocenters. The molecular weight excluding hydrogens is 372 g/mol. The summed E-state index contributed by atoms with van der Waals surface area (Å²) < 4.78 is 2.12. The second-order valence-electron chi connectivity index (χ2n) is 7.06. The van der Waals surface area contributed by atoms with Gasteiger partial charge in [-0.15, -0.1) is 0 Å². The number of guanidine groups is 1. The molecule has 3 aromatic rings. The predicted molar refractivity (Wildman–Crippen MR) is 116 cm³/mol. The molecule has 0 spiro atoms. The van der Waals surface area contributed by atoms with Crippen LogP contribution >= 0.6 is 11.6 Å². The number of para-hydroxylation sites is 2. The fraction of sp³-hybridized carbons (Fsp3) is 0.333. The molecule has 0 saturated carbocycles. The number of nitrogens with zero attached hydrogens (tertiary/aromatic N) is 4. The molecule has 0 radical (unpaired) electrons. The highest BCUT2D eigenvalue weighted by molar-refractivity contribution is 6.30. The van der Waals surface area contributed by atoms with E-state index in [0.29, 0.717) is 12.6 Å². The molecule has 2 heterocycles. The van der Waals surface area contributed by atoms with Crippen LogP contribution in [0.3, 0.4) is 0 Å². The molecule has 6 nitrogen and oxygen atoms in total. The van der Waals surface area contributed by atoms with Gasteiger partial charge in [-0.25, -0.2) is 4.98 Å². The van der Waals surface area contributed by atoms with Crippen LogP contribution in [0.4, 0.5) is 5.69 Å². The van der Waals surface area contributed by atoms with Gasteiger partial charge in [-0.3, -0.25) is 4.99 Å². The number of benzene rings is 2. The number of aromatic nitrogens is 2. The van der Waals surface area contributed by atoms with Crippen molar-refractivity contribution in [1.29, 1.82) is 0 Å². The Morgan fingerprint density at radius 1 is 1.25 bits per heavy atom. The minimum absolute atomic E-state index is 0.339. The lowest BCUT2D eigenvalue weighted by molar-refractivity contribution is 0.642. The van der Waals surface area contributed by atoms with Crippen molar-refractivity contribution in [1.82, 2.24) is 20.2 Å². The van der Waals surface area contributed by atoms with Gasteiger partial charge in [0.1, 0.15) is 5.82 Å². The van der Waals surface area contributed by atoms with Gasteiger partial charge >= 0.3 is 0 Å². The van der Waals surface area contributed by atoms with E-state index in [-0.39, 0.29) is 0 Å². The van der Waals surface area contributed by atoms with Crippen molar-refractivity contribution in [2.24, 2.45) is 12.0 Å². The van der Waals surface area contributed by atoms with Crippen LogP contribution in [0, 0.1) is 0 Å². The van der Waals surface area contributed by atoms with E-state index >= 15 is 0 Å². The quantitative estimate of drug-likeness (QED) is 0.525. The standard InChI is InChI=1S/C21H25ClN6/c1-23-21(24-13-20-26-18-8-3-4-9-19(18)27(20)2)25-16-10-11-28(14-16)17-7-5-6-15(22)12-17/h3-9,12,16H,10-11,13-14H2,1-2H3,(H2,23,24,25). The zero-order valence-electron chi connectivity index (χ0n) is 16.2. The van der Waals surface area contributed by atoms with Crippen LogP contribution in [0.5, 0.6) is 0 Å². The first kappa shape index (κ1) is 18.6. The molecule has 0 bridgehead atoms. The summed E-state index contributed by atoms with van der Waals surface area (Å²) in [6, 6.07) is 16.5.